The van der Waals surface area contributed by atoms with Gasteiger partial charge in [-0.05, 0) is 11.1 Å². The van der Waals surface area contributed by atoms with Crippen molar-refractivity contribution in [3.8, 4) is 0 Å². The van der Waals surface area contributed by atoms with Crippen LogP contribution in [-0.2, 0) is 13.1 Å². The average Bonchev–Trinajstić information content (AvgIpc) is 3.16. The number of benzene rings is 2. The average molecular weight is 414 g/mol. The highest BCUT2D eigenvalue weighted by atomic mass is 19.4. The third-order valence-corrected chi connectivity index (χ3v) is 5.52. The van der Waals surface area contributed by atoms with E-state index in [9.17, 15) is 13.2 Å². The van der Waals surface area contributed by atoms with E-state index in [4.69, 9.17) is 0 Å². The third kappa shape index (κ3) is 5.09. The predicted molar refractivity (Wildman–Crippen MR) is 110 cm³/mol. The Bertz CT molecular complexity index is 877. The normalized spacial score (nSPS) is 16.3. The molecule has 0 radical (unpaired) electrons. The number of hydrogen-bond acceptors (Lipinski definition) is 3. The van der Waals surface area contributed by atoms with E-state index in [-0.39, 0.29) is 6.04 Å². The molecule has 1 aromatic heterocycles. The van der Waals surface area contributed by atoms with Crippen molar-refractivity contribution in [1.82, 2.24) is 19.4 Å². The van der Waals surface area contributed by atoms with Gasteiger partial charge in [0.05, 0.1) is 12.6 Å². The summed E-state index contributed by atoms with van der Waals surface area (Å²) in [4.78, 5) is 8.78. The molecule has 4 rings (SSSR count). The van der Waals surface area contributed by atoms with Crippen molar-refractivity contribution in [3.05, 3.63) is 90.0 Å². The molecule has 0 amide bonds. The molecule has 4 nitrogen and oxygen atoms in total. The van der Waals surface area contributed by atoms with Crippen molar-refractivity contribution in [2.45, 2.75) is 25.3 Å². The van der Waals surface area contributed by atoms with Crippen LogP contribution in [0.15, 0.2) is 73.1 Å². The van der Waals surface area contributed by atoms with E-state index in [1.54, 1.807) is 0 Å². The van der Waals surface area contributed by atoms with Crippen LogP contribution in [0.4, 0.5) is 13.2 Å². The summed E-state index contributed by atoms with van der Waals surface area (Å²) in [6, 6.07) is 21.0. The fourth-order valence-electron chi connectivity index (χ4n) is 4.09. The zero-order chi connectivity index (χ0) is 21.0. The molecule has 0 unspecified atom stereocenters. The molecule has 0 atom stereocenters. The molecular weight excluding hydrogens is 389 g/mol. The quantitative estimate of drug-likeness (QED) is 0.599. The molecule has 0 N–H and O–H groups in total. The van der Waals surface area contributed by atoms with Gasteiger partial charge in [-0.2, -0.15) is 13.2 Å². The number of halogens is 3. The highest BCUT2D eigenvalue weighted by molar-refractivity contribution is 5.32. The molecule has 0 saturated carbocycles. The molecule has 0 aliphatic carbocycles. The van der Waals surface area contributed by atoms with Gasteiger partial charge in [-0.15, -0.1) is 0 Å². The zero-order valence-electron chi connectivity index (χ0n) is 16.7. The van der Waals surface area contributed by atoms with E-state index in [2.05, 4.69) is 63.3 Å². The van der Waals surface area contributed by atoms with E-state index >= 15 is 0 Å². The maximum Gasteiger partial charge on any atom is 0.406 e. The van der Waals surface area contributed by atoms with Crippen molar-refractivity contribution in [2.75, 3.05) is 26.2 Å². The first-order valence-corrected chi connectivity index (χ1v) is 10.1. The van der Waals surface area contributed by atoms with Crippen LogP contribution in [0.1, 0.15) is 23.0 Å². The lowest BCUT2D eigenvalue weighted by Gasteiger charge is -2.39. The van der Waals surface area contributed by atoms with Crippen LogP contribution in [0.5, 0.6) is 0 Å². The summed E-state index contributed by atoms with van der Waals surface area (Å²) in [5.41, 5.74) is 2.50. The fourth-order valence-corrected chi connectivity index (χ4v) is 4.09. The number of imidazole rings is 1. The molecule has 158 valence electrons. The van der Waals surface area contributed by atoms with E-state index in [1.807, 2.05) is 12.1 Å². The molecule has 0 bridgehead atoms. The minimum atomic E-state index is -4.24. The molecule has 2 heterocycles. The lowest BCUT2D eigenvalue weighted by Crippen LogP contribution is -2.47. The molecular formula is C23H25F3N4. The van der Waals surface area contributed by atoms with Crippen LogP contribution < -0.4 is 0 Å². The van der Waals surface area contributed by atoms with E-state index in [0.29, 0.717) is 12.4 Å². The van der Waals surface area contributed by atoms with Crippen LogP contribution >= 0.6 is 0 Å². The van der Waals surface area contributed by atoms with Gasteiger partial charge in [0.15, 0.2) is 0 Å². The lowest BCUT2D eigenvalue weighted by molar-refractivity contribution is -0.141. The second kappa shape index (κ2) is 9.02. The smallest absolute Gasteiger partial charge is 0.325 e. The number of alkyl halides is 3. The summed E-state index contributed by atoms with van der Waals surface area (Å²) in [7, 11) is 0. The highest BCUT2D eigenvalue weighted by Gasteiger charge is 2.30. The van der Waals surface area contributed by atoms with Gasteiger partial charge in [0.2, 0.25) is 0 Å². The van der Waals surface area contributed by atoms with Gasteiger partial charge in [-0.1, -0.05) is 60.7 Å². The fraction of sp³-hybridized carbons (Fsp3) is 0.348. The van der Waals surface area contributed by atoms with Gasteiger partial charge in [-0.3, -0.25) is 9.80 Å². The Balaban J connectivity index is 1.44. The Morgan fingerprint density at radius 1 is 0.833 bits per heavy atom. The molecule has 3 aromatic rings. The van der Waals surface area contributed by atoms with E-state index < -0.39 is 12.7 Å². The summed E-state index contributed by atoms with van der Waals surface area (Å²) in [5.74, 6) is 0.462. The van der Waals surface area contributed by atoms with Gasteiger partial charge >= 0.3 is 6.18 Å². The summed E-state index contributed by atoms with van der Waals surface area (Å²) < 4.78 is 39.5. The topological polar surface area (TPSA) is 24.3 Å². The second-order valence-electron chi connectivity index (χ2n) is 7.62. The van der Waals surface area contributed by atoms with Gasteiger partial charge < -0.3 is 4.57 Å². The SMILES string of the molecule is FC(F)(F)Cn1ccnc1CN1CCN(C(c2ccccc2)c2ccccc2)CC1. The molecule has 1 fully saturated rings. The highest BCUT2D eigenvalue weighted by Crippen LogP contribution is 2.29. The summed E-state index contributed by atoms with van der Waals surface area (Å²) >= 11 is 0. The molecule has 30 heavy (non-hydrogen) atoms. The predicted octanol–water partition coefficient (Wildman–Crippen LogP) is 4.35. The van der Waals surface area contributed by atoms with Gasteiger partial charge in [0.25, 0.3) is 0 Å². The van der Waals surface area contributed by atoms with Crippen molar-refractivity contribution in [3.63, 3.8) is 0 Å². The third-order valence-electron chi connectivity index (χ3n) is 5.52. The summed E-state index contributed by atoms with van der Waals surface area (Å²) in [5, 5.41) is 0. The van der Waals surface area contributed by atoms with Crippen molar-refractivity contribution >= 4 is 0 Å². The Kier molecular flexibility index (Phi) is 6.20. The van der Waals surface area contributed by atoms with Gasteiger partial charge in [-0.25, -0.2) is 4.98 Å². The zero-order valence-corrected chi connectivity index (χ0v) is 16.7. The molecule has 0 spiro atoms. The molecule has 1 aliphatic heterocycles. The van der Waals surface area contributed by atoms with Gasteiger partial charge in [0, 0.05) is 38.6 Å². The van der Waals surface area contributed by atoms with Crippen LogP contribution in [0.2, 0.25) is 0 Å². The minimum Gasteiger partial charge on any atom is -0.325 e. The Labute approximate surface area is 174 Å². The van der Waals surface area contributed by atoms with Crippen molar-refractivity contribution in [1.29, 1.82) is 0 Å². The molecule has 1 aliphatic rings. The minimum absolute atomic E-state index is 0.168. The van der Waals surface area contributed by atoms with Crippen LogP contribution in [-0.4, -0.2) is 51.7 Å². The molecule has 2 aromatic carbocycles. The largest absolute Gasteiger partial charge is 0.406 e. The van der Waals surface area contributed by atoms with Crippen LogP contribution in [0, 0.1) is 0 Å². The van der Waals surface area contributed by atoms with Crippen molar-refractivity contribution < 1.29 is 13.2 Å². The first-order chi connectivity index (χ1) is 14.5. The van der Waals surface area contributed by atoms with Gasteiger partial charge in [0.1, 0.15) is 12.4 Å². The Hall–Kier alpha value is -2.64. The lowest BCUT2D eigenvalue weighted by atomic mass is 9.96. The maximum absolute atomic E-state index is 12.8. The number of rotatable bonds is 6. The van der Waals surface area contributed by atoms with Crippen LogP contribution in [0.3, 0.4) is 0 Å². The monoisotopic (exact) mass is 414 g/mol. The van der Waals surface area contributed by atoms with Crippen molar-refractivity contribution in [2.24, 2.45) is 0 Å². The van der Waals surface area contributed by atoms with E-state index in [1.165, 1.54) is 28.1 Å². The number of aromatic nitrogens is 2. The van der Waals surface area contributed by atoms with E-state index in [0.717, 1.165) is 26.2 Å². The summed E-state index contributed by atoms with van der Waals surface area (Å²) in [6.45, 7) is 2.69. The van der Waals surface area contributed by atoms with Crippen LogP contribution in [0.25, 0.3) is 0 Å². The Morgan fingerprint density at radius 2 is 1.40 bits per heavy atom. The molecule has 7 heteroatoms. The molecule has 1 saturated heterocycles. The summed E-state index contributed by atoms with van der Waals surface area (Å²) in [6.07, 6.45) is -1.40. The number of nitrogens with zero attached hydrogens (tertiary/aromatic N) is 4. The first-order valence-electron chi connectivity index (χ1n) is 10.1. The first kappa shape index (κ1) is 20.6. The standard InChI is InChI=1S/C23H25F3N4/c24-23(25,26)18-30-12-11-27-21(30)17-28-13-15-29(16-14-28)22(19-7-3-1-4-8-19)20-9-5-2-6-10-20/h1-12,22H,13-18H2. The number of hydrogen-bond donors (Lipinski definition) is 0. The number of piperazine rings is 1. The Morgan fingerprint density at radius 3 is 1.93 bits per heavy atom. The maximum atomic E-state index is 12.8. The second-order valence-corrected chi connectivity index (χ2v) is 7.62.